The van der Waals surface area contributed by atoms with E-state index in [4.69, 9.17) is 0 Å². The number of H-pyrrole nitrogens is 1. The number of amides is 1. The highest BCUT2D eigenvalue weighted by molar-refractivity contribution is 7.89. The monoisotopic (exact) mass is 442 g/mol. The minimum atomic E-state index is -3.59. The second-order valence-electron chi connectivity index (χ2n) is 8.15. The summed E-state index contributed by atoms with van der Waals surface area (Å²) in [4.78, 5) is 22.4. The van der Waals surface area contributed by atoms with Gasteiger partial charge in [-0.25, -0.2) is 12.8 Å². The van der Waals surface area contributed by atoms with Crippen LogP contribution in [0.4, 0.5) is 4.39 Å². The topological polar surface area (TPSA) is 86.4 Å². The molecule has 1 aromatic carbocycles. The summed E-state index contributed by atoms with van der Waals surface area (Å²) in [5.41, 5.74) is 2.92. The molecule has 1 saturated heterocycles. The zero-order valence-electron chi connectivity index (χ0n) is 16.9. The van der Waals surface area contributed by atoms with Crippen LogP contribution in [0.2, 0.25) is 0 Å². The highest BCUT2D eigenvalue weighted by atomic mass is 32.2. The molecular formula is C22H23FN4O3S. The van der Waals surface area contributed by atoms with Crippen LogP contribution >= 0.6 is 0 Å². The van der Waals surface area contributed by atoms with Gasteiger partial charge in [0.2, 0.25) is 15.9 Å². The van der Waals surface area contributed by atoms with E-state index in [-0.39, 0.29) is 22.5 Å². The van der Waals surface area contributed by atoms with Gasteiger partial charge in [0, 0.05) is 73.1 Å². The van der Waals surface area contributed by atoms with Crippen LogP contribution in [0, 0.1) is 11.7 Å². The number of fused-ring (bicyclic) bond motifs is 3. The van der Waals surface area contributed by atoms with Crippen molar-refractivity contribution in [3.63, 3.8) is 0 Å². The second kappa shape index (κ2) is 7.72. The summed E-state index contributed by atoms with van der Waals surface area (Å²) >= 11 is 0. The summed E-state index contributed by atoms with van der Waals surface area (Å²) in [5, 5.41) is 0.824. The lowest BCUT2D eigenvalue weighted by molar-refractivity contribution is -0.137. The zero-order chi connectivity index (χ0) is 21.6. The maximum atomic E-state index is 13.7. The number of sulfonamides is 1. The number of nitrogens with one attached hydrogen (secondary N) is 1. The van der Waals surface area contributed by atoms with Crippen LogP contribution in [0.1, 0.15) is 24.1 Å². The Kier molecular flexibility index (Phi) is 5.02. The molecule has 0 atom stereocenters. The minimum absolute atomic E-state index is 0.0508. The van der Waals surface area contributed by atoms with Crippen molar-refractivity contribution in [2.45, 2.75) is 30.7 Å². The van der Waals surface area contributed by atoms with Crippen LogP contribution in [-0.2, 0) is 27.8 Å². The van der Waals surface area contributed by atoms with Crippen molar-refractivity contribution in [1.29, 1.82) is 0 Å². The third kappa shape index (κ3) is 3.61. The molecule has 9 heteroatoms. The molecule has 5 rings (SSSR count). The molecule has 0 aliphatic carbocycles. The number of pyridine rings is 1. The van der Waals surface area contributed by atoms with E-state index in [1.807, 2.05) is 4.90 Å². The van der Waals surface area contributed by atoms with E-state index in [0.717, 1.165) is 22.2 Å². The van der Waals surface area contributed by atoms with Crippen molar-refractivity contribution < 1.29 is 17.6 Å². The van der Waals surface area contributed by atoms with Crippen LogP contribution in [0.3, 0.4) is 0 Å². The molecule has 0 unspecified atom stereocenters. The van der Waals surface area contributed by atoms with Crippen molar-refractivity contribution in [2.75, 3.05) is 19.6 Å². The number of carbonyl (C=O) groups is 1. The smallest absolute Gasteiger partial charge is 0.244 e. The molecule has 2 aliphatic rings. The lowest BCUT2D eigenvalue weighted by atomic mass is 9.95. The molecule has 0 radical (unpaired) electrons. The van der Waals surface area contributed by atoms with Crippen LogP contribution in [0.15, 0.2) is 47.6 Å². The number of aromatic nitrogens is 2. The van der Waals surface area contributed by atoms with E-state index < -0.39 is 10.0 Å². The van der Waals surface area contributed by atoms with Gasteiger partial charge in [0.1, 0.15) is 10.7 Å². The molecule has 2 aromatic heterocycles. The van der Waals surface area contributed by atoms with E-state index >= 15 is 0 Å². The van der Waals surface area contributed by atoms with E-state index in [9.17, 15) is 17.6 Å². The number of hydrogen-bond donors (Lipinski definition) is 1. The van der Waals surface area contributed by atoms with Crippen molar-refractivity contribution in [3.05, 3.63) is 59.8 Å². The van der Waals surface area contributed by atoms with Crippen molar-refractivity contribution in [3.8, 4) is 0 Å². The average molecular weight is 443 g/mol. The average Bonchev–Trinajstić information content (AvgIpc) is 3.16. The first-order valence-corrected chi connectivity index (χ1v) is 11.9. The number of halogens is 1. The van der Waals surface area contributed by atoms with Crippen LogP contribution in [0.25, 0.3) is 10.9 Å². The Morgan fingerprint density at radius 3 is 2.71 bits per heavy atom. The lowest BCUT2D eigenvalue weighted by Gasteiger charge is -2.35. The molecule has 31 heavy (non-hydrogen) atoms. The molecule has 1 fully saturated rings. The van der Waals surface area contributed by atoms with Gasteiger partial charge >= 0.3 is 0 Å². The van der Waals surface area contributed by atoms with Crippen molar-refractivity contribution in [1.82, 2.24) is 19.2 Å². The summed E-state index contributed by atoms with van der Waals surface area (Å²) in [7, 11) is -3.59. The van der Waals surface area contributed by atoms with Gasteiger partial charge in [0.15, 0.2) is 0 Å². The molecule has 0 spiro atoms. The maximum absolute atomic E-state index is 13.7. The summed E-state index contributed by atoms with van der Waals surface area (Å²) in [6, 6.07) is 7.81. The third-order valence-corrected chi connectivity index (χ3v) is 8.21. The first kappa shape index (κ1) is 20.1. The Morgan fingerprint density at radius 1 is 1.16 bits per heavy atom. The Morgan fingerprint density at radius 2 is 1.97 bits per heavy atom. The normalized spacial score (nSPS) is 18.3. The molecule has 0 saturated carbocycles. The molecule has 3 aromatic rings. The van der Waals surface area contributed by atoms with Gasteiger partial charge in [-0.05, 0) is 43.2 Å². The summed E-state index contributed by atoms with van der Waals surface area (Å²) < 4.78 is 40.7. The summed E-state index contributed by atoms with van der Waals surface area (Å²) in [6.45, 7) is 1.68. The van der Waals surface area contributed by atoms with Gasteiger partial charge in [-0.2, -0.15) is 4.31 Å². The van der Waals surface area contributed by atoms with E-state index in [1.165, 1.54) is 34.9 Å². The number of rotatable bonds is 3. The fourth-order valence-corrected chi connectivity index (χ4v) is 6.06. The molecule has 7 nitrogen and oxygen atoms in total. The number of carbonyl (C=O) groups excluding carboxylic acids is 1. The maximum Gasteiger partial charge on any atom is 0.244 e. The van der Waals surface area contributed by atoms with E-state index in [1.54, 1.807) is 12.1 Å². The lowest BCUT2D eigenvalue weighted by Crippen LogP contribution is -2.45. The van der Waals surface area contributed by atoms with Crippen molar-refractivity contribution in [2.24, 2.45) is 5.92 Å². The third-order valence-electron chi connectivity index (χ3n) is 6.32. The Labute approximate surface area is 179 Å². The van der Waals surface area contributed by atoms with Gasteiger partial charge < -0.3 is 9.88 Å². The molecule has 2 aliphatic heterocycles. The fraction of sp³-hybridized carbons (Fsp3) is 0.364. The molecule has 0 bridgehead atoms. The van der Waals surface area contributed by atoms with Crippen LogP contribution < -0.4 is 0 Å². The predicted octanol–water partition coefficient (Wildman–Crippen LogP) is 2.69. The fourth-order valence-electron chi connectivity index (χ4n) is 4.62. The van der Waals surface area contributed by atoms with E-state index in [0.29, 0.717) is 45.4 Å². The standard InChI is InChI=1S/C22H23FN4O3S/c23-16-3-4-20-18(12-16)19-14-26(9-7-21(19)25-20)22(28)15-5-10-27(11-6-15)31(29,30)17-2-1-8-24-13-17/h1-4,8,12-13,15,25H,5-7,9-11,14H2. The van der Waals surface area contributed by atoms with Gasteiger partial charge in [-0.15, -0.1) is 0 Å². The number of hydrogen-bond acceptors (Lipinski definition) is 4. The number of piperidine rings is 1. The highest BCUT2D eigenvalue weighted by Crippen LogP contribution is 2.31. The van der Waals surface area contributed by atoms with Crippen LogP contribution in [0.5, 0.6) is 0 Å². The zero-order valence-corrected chi connectivity index (χ0v) is 17.7. The Hall–Kier alpha value is -2.78. The highest BCUT2D eigenvalue weighted by Gasteiger charge is 2.35. The Bertz CT molecular complexity index is 1230. The predicted molar refractivity (Wildman–Crippen MR) is 113 cm³/mol. The molecule has 4 heterocycles. The SMILES string of the molecule is O=C(C1CCN(S(=O)(=O)c2cccnc2)CC1)N1CCc2[nH]c3ccc(F)cc3c2C1. The first-order valence-electron chi connectivity index (χ1n) is 10.4. The number of aromatic amines is 1. The van der Waals surface area contributed by atoms with Gasteiger partial charge in [0.25, 0.3) is 0 Å². The largest absolute Gasteiger partial charge is 0.358 e. The van der Waals surface area contributed by atoms with Crippen LogP contribution in [-0.4, -0.2) is 53.1 Å². The molecule has 1 N–H and O–H groups in total. The van der Waals surface area contributed by atoms with Gasteiger partial charge in [0.05, 0.1) is 0 Å². The molecule has 162 valence electrons. The van der Waals surface area contributed by atoms with Gasteiger partial charge in [-0.3, -0.25) is 9.78 Å². The first-order chi connectivity index (χ1) is 14.9. The second-order valence-corrected chi connectivity index (χ2v) is 10.1. The molecule has 1 amide bonds. The van der Waals surface area contributed by atoms with Crippen molar-refractivity contribution >= 4 is 26.8 Å². The number of nitrogens with zero attached hydrogens (tertiary/aromatic N) is 3. The Balaban J connectivity index is 1.27. The minimum Gasteiger partial charge on any atom is -0.358 e. The summed E-state index contributed by atoms with van der Waals surface area (Å²) in [5.74, 6) is -0.446. The van der Waals surface area contributed by atoms with Gasteiger partial charge in [-0.1, -0.05) is 0 Å². The quantitative estimate of drug-likeness (QED) is 0.676. The summed E-state index contributed by atoms with van der Waals surface area (Å²) in [6.07, 6.45) is 4.57. The van der Waals surface area contributed by atoms with E-state index in [2.05, 4.69) is 9.97 Å². The number of benzene rings is 1. The molecular weight excluding hydrogens is 419 g/mol.